The molecule has 0 aliphatic carbocycles. The molecule has 74 valence electrons. The number of hydrogen-bond donors (Lipinski definition) is 3. The maximum Gasteiger partial charge on any atom is 0.337 e. The van der Waals surface area contributed by atoms with E-state index in [-0.39, 0.29) is 11.3 Å². The number of carboxylic acids is 1. The largest absolute Gasteiger partial charge is 0.478 e. The molecule has 0 aliphatic rings. The SMILES string of the molecule is NC(=O)Nc1cc(Br)ccc1C(=O)O. The summed E-state index contributed by atoms with van der Waals surface area (Å²) in [7, 11) is 0. The van der Waals surface area contributed by atoms with Crippen molar-refractivity contribution in [3.63, 3.8) is 0 Å². The summed E-state index contributed by atoms with van der Waals surface area (Å²) < 4.78 is 0.659. The van der Waals surface area contributed by atoms with Crippen LogP contribution in [0.3, 0.4) is 0 Å². The lowest BCUT2D eigenvalue weighted by Gasteiger charge is -2.06. The highest BCUT2D eigenvalue weighted by Gasteiger charge is 2.11. The quantitative estimate of drug-likeness (QED) is 0.753. The van der Waals surface area contributed by atoms with E-state index < -0.39 is 12.0 Å². The number of nitrogens with two attached hydrogens (primary N) is 1. The molecule has 5 nitrogen and oxygen atoms in total. The van der Waals surface area contributed by atoms with Crippen LogP contribution in [0.1, 0.15) is 10.4 Å². The number of anilines is 1. The fraction of sp³-hybridized carbons (Fsp3) is 0. The Balaban J connectivity index is 3.15. The molecule has 1 rings (SSSR count). The number of carbonyl (C=O) groups excluding carboxylic acids is 1. The molecule has 0 saturated heterocycles. The maximum atomic E-state index is 10.7. The van der Waals surface area contributed by atoms with E-state index in [4.69, 9.17) is 10.8 Å². The Morgan fingerprint density at radius 1 is 1.43 bits per heavy atom. The maximum absolute atomic E-state index is 10.7. The van der Waals surface area contributed by atoms with Crippen molar-refractivity contribution in [2.24, 2.45) is 5.73 Å². The molecule has 0 bridgehead atoms. The van der Waals surface area contributed by atoms with Crippen LogP contribution in [0.25, 0.3) is 0 Å². The van der Waals surface area contributed by atoms with E-state index in [0.29, 0.717) is 4.47 Å². The van der Waals surface area contributed by atoms with Crippen LogP contribution in [0.2, 0.25) is 0 Å². The zero-order chi connectivity index (χ0) is 10.7. The normalized spacial score (nSPS) is 9.50. The lowest BCUT2D eigenvalue weighted by molar-refractivity contribution is 0.0698. The molecule has 0 radical (unpaired) electrons. The van der Waals surface area contributed by atoms with E-state index in [1.54, 1.807) is 6.07 Å². The molecule has 1 aromatic carbocycles. The Labute approximate surface area is 88.0 Å². The average Bonchev–Trinajstić information content (AvgIpc) is 2.01. The molecule has 0 aliphatic heterocycles. The monoisotopic (exact) mass is 258 g/mol. The van der Waals surface area contributed by atoms with E-state index in [1.165, 1.54) is 12.1 Å². The van der Waals surface area contributed by atoms with Crippen molar-refractivity contribution in [1.29, 1.82) is 0 Å². The summed E-state index contributed by atoms with van der Waals surface area (Å²) in [6.45, 7) is 0. The van der Waals surface area contributed by atoms with Gasteiger partial charge < -0.3 is 16.2 Å². The van der Waals surface area contributed by atoms with E-state index in [2.05, 4.69) is 21.2 Å². The van der Waals surface area contributed by atoms with Crippen LogP contribution in [0.5, 0.6) is 0 Å². The van der Waals surface area contributed by atoms with Gasteiger partial charge in [-0.2, -0.15) is 0 Å². The summed E-state index contributed by atoms with van der Waals surface area (Å²) in [5.41, 5.74) is 5.04. The Bertz CT molecular complexity index is 392. The summed E-state index contributed by atoms with van der Waals surface area (Å²) in [5.74, 6) is -1.12. The van der Waals surface area contributed by atoms with Crippen molar-refractivity contribution >= 4 is 33.6 Å². The van der Waals surface area contributed by atoms with Gasteiger partial charge in [0.1, 0.15) is 0 Å². The third-order valence-corrected chi connectivity index (χ3v) is 1.96. The zero-order valence-electron chi connectivity index (χ0n) is 6.95. The number of amides is 2. The van der Waals surface area contributed by atoms with Crippen LogP contribution >= 0.6 is 15.9 Å². The highest BCUT2D eigenvalue weighted by molar-refractivity contribution is 9.10. The van der Waals surface area contributed by atoms with Gasteiger partial charge >= 0.3 is 12.0 Å². The minimum atomic E-state index is -1.12. The second kappa shape index (κ2) is 4.10. The van der Waals surface area contributed by atoms with Gasteiger partial charge in [-0.3, -0.25) is 0 Å². The molecule has 0 unspecified atom stereocenters. The lowest BCUT2D eigenvalue weighted by Crippen LogP contribution is -2.21. The van der Waals surface area contributed by atoms with Gasteiger partial charge in [-0.05, 0) is 18.2 Å². The van der Waals surface area contributed by atoms with E-state index >= 15 is 0 Å². The number of aromatic carboxylic acids is 1. The van der Waals surface area contributed by atoms with E-state index in [9.17, 15) is 9.59 Å². The Morgan fingerprint density at radius 2 is 2.07 bits per heavy atom. The minimum Gasteiger partial charge on any atom is -0.478 e. The highest BCUT2D eigenvalue weighted by Crippen LogP contribution is 2.21. The molecule has 0 saturated carbocycles. The van der Waals surface area contributed by atoms with Gasteiger partial charge in [-0.15, -0.1) is 0 Å². The van der Waals surface area contributed by atoms with Crippen molar-refractivity contribution < 1.29 is 14.7 Å². The second-order valence-corrected chi connectivity index (χ2v) is 3.40. The van der Waals surface area contributed by atoms with Crippen LogP contribution in [0.4, 0.5) is 10.5 Å². The molecule has 1 aromatic rings. The van der Waals surface area contributed by atoms with Gasteiger partial charge in [0, 0.05) is 4.47 Å². The first-order chi connectivity index (χ1) is 6.50. The van der Waals surface area contributed by atoms with Crippen molar-refractivity contribution in [2.75, 3.05) is 5.32 Å². The van der Waals surface area contributed by atoms with Crippen molar-refractivity contribution in [2.45, 2.75) is 0 Å². The number of benzene rings is 1. The Hall–Kier alpha value is -1.56. The van der Waals surface area contributed by atoms with Gasteiger partial charge in [-0.1, -0.05) is 15.9 Å². The predicted molar refractivity (Wildman–Crippen MR) is 54.3 cm³/mol. The lowest BCUT2D eigenvalue weighted by atomic mass is 10.2. The average molecular weight is 259 g/mol. The molecule has 6 heteroatoms. The van der Waals surface area contributed by atoms with Crippen molar-refractivity contribution in [3.8, 4) is 0 Å². The van der Waals surface area contributed by atoms with Crippen molar-refractivity contribution in [3.05, 3.63) is 28.2 Å². The topological polar surface area (TPSA) is 92.4 Å². The first kappa shape index (κ1) is 10.5. The molecular weight excluding hydrogens is 252 g/mol. The van der Waals surface area contributed by atoms with Gasteiger partial charge in [0.25, 0.3) is 0 Å². The fourth-order valence-electron chi connectivity index (χ4n) is 0.939. The number of nitrogens with one attached hydrogen (secondary N) is 1. The molecule has 0 fully saturated rings. The molecule has 0 aromatic heterocycles. The number of halogens is 1. The Kier molecular flexibility index (Phi) is 3.08. The van der Waals surface area contributed by atoms with Gasteiger partial charge in [0.2, 0.25) is 0 Å². The summed E-state index contributed by atoms with van der Waals surface area (Å²) >= 11 is 3.15. The van der Waals surface area contributed by atoms with Gasteiger partial charge in [-0.25, -0.2) is 9.59 Å². The third-order valence-electron chi connectivity index (χ3n) is 1.47. The number of carboxylic acid groups (broad SMARTS) is 1. The van der Waals surface area contributed by atoms with E-state index in [1.807, 2.05) is 0 Å². The van der Waals surface area contributed by atoms with Crippen LogP contribution in [-0.2, 0) is 0 Å². The highest BCUT2D eigenvalue weighted by atomic mass is 79.9. The molecule has 0 heterocycles. The van der Waals surface area contributed by atoms with Crippen LogP contribution in [-0.4, -0.2) is 17.1 Å². The molecule has 0 atom stereocenters. The fourth-order valence-corrected chi connectivity index (χ4v) is 1.30. The first-order valence-corrected chi connectivity index (χ1v) is 4.39. The van der Waals surface area contributed by atoms with Gasteiger partial charge in [0.05, 0.1) is 11.3 Å². The number of urea groups is 1. The number of primary amides is 1. The summed E-state index contributed by atoms with van der Waals surface area (Å²) in [4.78, 5) is 21.3. The molecule has 2 amide bonds. The standard InChI is InChI=1S/C8H7BrN2O3/c9-4-1-2-5(7(12)13)6(3-4)11-8(10)14/h1-3H,(H,12,13)(H3,10,11,14). The zero-order valence-corrected chi connectivity index (χ0v) is 8.54. The molecule has 4 N–H and O–H groups in total. The summed E-state index contributed by atoms with van der Waals surface area (Å²) in [6.07, 6.45) is 0. The van der Waals surface area contributed by atoms with Crippen LogP contribution in [0.15, 0.2) is 22.7 Å². The number of carbonyl (C=O) groups is 2. The van der Waals surface area contributed by atoms with Crippen LogP contribution in [0, 0.1) is 0 Å². The number of hydrogen-bond acceptors (Lipinski definition) is 2. The minimum absolute atomic E-state index is 0.00741. The molecule has 14 heavy (non-hydrogen) atoms. The van der Waals surface area contributed by atoms with Crippen LogP contribution < -0.4 is 11.1 Å². The summed E-state index contributed by atoms with van der Waals surface area (Å²) in [6, 6.07) is 3.60. The first-order valence-electron chi connectivity index (χ1n) is 3.60. The van der Waals surface area contributed by atoms with E-state index in [0.717, 1.165) is 0 Å². The smallest absolute Gasteiger partial charge is 0.337 e. The summed E-state index contributed by atoms with van der Waals surface area (Å²) in [5, 5.41) is 11.0. The molecule has 0 spiro atoms. The van der Waals surface area contributed by atoms with Crippen molar-refractivity contribution in [1.82, 2.24) is 0 Å². The predicted octanol–water partition coefficient (Wildman–Crippen LogP) is 1.64. The second-order valence-electron chi connectivity index (χ2n) is 2.48. The third kappa shape index (κ3) is 2.46. The van der Waals surface area contributed by atoms with Gasteiger partial charge in [0.15, 0.2) is 0 Å². The Morgan fingerprint density at radius 3 is 2.57 bits per heavy atom. The molecular formula is C8H7BrN2O3. The number of rotatable bonds is 2.